The Bertz CT molecular complexity index is 553. The summed E-state index contributed by atoms with van der Waals surface area (Å²) < 4.78 is 9.61. The molecule has 0 bridgehead atoms. The molecule has 1 aromatic rings. The monoisotopic (exact) mass is 329 g/mol. The fraction of sp³-hybridized carbons (Fsp3) is 0.467. The van der Waals surface area contributed by atoms with Gasteiger partial charge in [-0.1, -0.05) is 17.7 Å². The van der Waals surface area contributed by atoms with E-state index in [-0.39, 0.29) is 11.4 Å². The predicted molar refractivity (Wildman–Crippen MR) is 82.9 cm³/mol. The molecule has 0 radical (unpaired) electrons. The first-order valence-electron chi connectivity index (χ1n) is 6.66. The van der Waals surface area contributed by atoms with Crippen LogP contribution in [0, 0.1) is 0 Å². The molecule has 22 heavy (non-hydrogen) atoms. The van der Waals surface area contributed by atoms with E-state index >= 15 is 0 Å². The third-order valence-corrected chi connectivity index (χ3v) is 2.91. The molecule has 7 heteroatoms. The normalized spacial score (nSPS) is 12.5. The lowest BCUT2D eigenvalue weighted by Crippen LogP contribution is -2.27. The van der Waals surface area contributed by atoms with E-state index in [1.165, 1.54) is 19.2 Å². The van der Waals surface area contributed by atoms with E-state index in [0.29, 0.717) is 11.3 Å². The Hall–Kier alpha value is -1.79. The molecule has 0 saturated heterocycles. The highest BCUT2D eigenvalue weighted by Crippen LogP contribution is 2.27. The molecule has 1 aromatic carbocycles. The second kappa shape index (κ2) is 7.47. The lowest BCUT2D eigenvalue weighted by molar-refractivity contribution is -0.142. The molecule has 0 fully saturated rings. The van der Waals surface area contributed by atoms with Gasteiger partial charge in [0.15, 0.2) is 0 Å². The Morgan fingerprint density at radius 2 is 2.00 bits per heavy atom. The van der Waals surface area contributed by atoms with E-state index in [1.807, 2.05) is 0 Å². The summed E-state index contributed by atoms with van der Waals surface area (Å²) in [5.74, 6) is -0.528. The van der Waals surface area contributed by atoms with Gasteiger partial charge in [0.05, 0.1) is 30.3 Å². The molecule has 122 valence electrons. The standard InChI is InChI=1S/C15H20ClNO5/c1-15(2,3)22-14(20)17-11-6-5-9(7-10(11)16)12(18)8-13(19)21-4/h5-7,12,18H,8H2,1-4H3,(H,17,20)/t12-/m1/s1. The first-order chi connectivity index (χ1) is 10.1. The van der Waals surface area contributed by atoms with Crippen LogP contribution >= 0.6 is 11.6 Å². The summed E-state index contributed by atoms with van der Waals surface area (Å²) in [5, 5.41) is 12.6. The summed E-state index contributed by atoms with van der Waals surface area (Å²) >= 11 is 6.06. The second-order valence-electron chi connectivity index (χ2n) is 5.66. The summed E-state index contributed by atoms with van der Waals surface area (Å²) in [5.41, 5.74) is 0.183. The average molecular weight is 330 g/mol. The van der Waals surface area contributed by atoms with Crippen molar-refractivity contribution >= 4 is 29.4 Å². The van der Waals surface area contributed by atoms with Gasteiger partial charge in [-0.15, -0.1) is 0 Å². The molecule has 0 aromatic heterocycles. The zero-order chi connectivity index (χ0) is 16.9. The van der Waals surface area contributed by atoms with E-state index in [9.17, 15) is 14.7 Å². The van der Waals surface area contributed by atoms with Crippen molar-refractivity contribution in [2.75, 3.05) is 12.4 Å². The van der Waals surface area contributed by atoms with Crippen LogP contribution in [0.15, 0.2) is 18.2 Å². The highest BCUT2D eigenvalue weighted by atomic mass is 35.5. The molecule has 0 saturated carbocycles. The van der Waals surface area contributed by atoms with Gasteiger partial charge in [-0.2, -0.15) is 0 Å². The minimum Gasteiger partial charge on any atom is -0.469 e. The minimum absolute atomic E-state index is 0.175. The maximum absolute atomic E-state index is 11.7. The first-order valence-corrected chi connectivity index (χ1v) is 7.04. The van der Waals surface area contributed by atoms with Gasteiger partial charge in [-0.3, -0.25) is 10.1 Å². The van der Waals surface area contributed by atoms with Gasteiger partial charge in [0.2, 0.25) is 0 Å². The number of halogens is 1. The van der Waals surface area contributed by atoms with Crippen molar-refractivity contribution in [3.8, 4) is 0 Å². The van der Waals surface area contributed by atoms with E-state index < -0.39 is 23.8 Å². The molecule has 0 heterocycles. The van der Waals surface area contributed by atoms with Crippen LogP contribution < -0.4 is 5.32 Å². The first kappa shape index (κ1) is 18.3. The lowest BCUT2D eigenvalue weighted by atomic mass is 10.1. The summed E-state index contributed by atoms with van der Waals surface area (Å²) in [6, 6.07) is 4.57. The zero-order valence-electron chi connectivity index (χ0n) is 13.0. The molecule has 0 aliphatic carbocycles. The number of benzene rings is 1. The number of hydrogen-bond donors (Lipinski definition) is 2. The molecule has 0 aliphatic rings. The number of hydrogen-bond acceptors (Lipinski definition) is 5. The number of anilines is 1. The molecule has 0 aliphatic heterocycles. The summed E-state index contributed by atoms with van der Waals surface area (Å²) in [4.78, 5) is 22.8. The molecule has 1 atom stereocenters. The number of carbonyl (C=O) groups excluding carboxylic acids is 2. The van der Waals surface area contributed by atoms with Gasteiger partial charge in [0, 0.05) is 0 Å². The smallest absolute Gasteiger partial charge is 0.412 e. The van der Waals surface area contributed by atoms with E-state index in [4.69, 9.17) is 16.3 Å². The van der Waals surface area contributed by atoms with Crippen LogP contribution in [0.2, 0.25) is 5.02 Å². The molecular formula is C15H20ClNO5. The van der Waals surface area contributed by atoms with E-state index in [2.05, 4.69) is 10.1 Å². The third kappa shape index (κ3) is 5.91. The number of esters is 1. The number of ether oxygens (including phenoxy) is 2. The maximum Gasteiger partial charge on any atom is 0.412 e. The summed E-state index contributed by atoms with van der Waals surface area (Å²) in [7, 11) is 1.25. The summed E-state index contributed by atoms with van der Waals surface area (Å²) in [6.07, 6.45) is -1.83. The van der Waals surface area contributed by atoms with Gasteiger partial charge in [0.1, 0.15) is 5.60 Å². The fourth-order valence-electron chi connectivity index (χ4n) is 1.61. The highest BCUT2D eigenvalue weighted by molar-refractivity contribution is 6.33. The molecule has 6 nitrogen and oxygen atoms in total. The van der Waals surface area contributed by atoms with Crippen LogP contribution in [-0.4, -0.2) is 29.9 Å². The molecular weight excluding hydrogens is 310 g/mol. The van der Waals surface area contributed by atoms with Crippen LogP contribution in [0.3, 0.4) is 0 Å². The number of aliphatic hydroxyl groups is 1. The van der Waals surface area contributed by atoms with Crippen molar-refractivity contribution in [3.05, 3.63) is 28.8 Å². The van der Waals surface area contributed by atoms with Crippen LogP contribution in [0.1, 0.15) is 38.9 Å². The number of methoxy groups -OCH3 is 1. The van der Waals surface area contributed by atoms with Gasteiger partial charge in [-0.25, -0.2) is 4.79 Å². The predicted octanol–water partition coefficient (Wildman–Crippen LogP) is 3.28. The van der Waals surface area contributed by atoms with Gasteiger partial charge in [0.25, 0.3) is 0 Å². The molecule has 2 N–H and O–H groups in total. The van der Waals surface area contributed by atoms with Crippen molar-refractivity contribution in [3.63, 3.8) is 0 Å². The highest BCUT2D eigenvalue weighted by Gasteiger charge is 2.18. The van der Waals surface area contributed by atoms with Gasteiger partial charge < -0.3 is 14.6 Å². The van der Waals surface area contributed by atoms with Crippen LogP contribution in [0.25, 0.3) is 0 Å². The van der Waals surface area contributed by atoms with Crippen molar-refractivity contribution in [1.29, 1.82) is 0 Å². The minimum atomic E-state index is -1.03. The topological polar surface area (TPSA) is 84.9 Å². The quantitative estimate of drug-likeness (QED) is 0.828. The Kier molecular flexibility index (Phi) is 6.20. The van der Waals surface area contributed by atoms with E-state index in [1.54, 1.807) is 26.8 Å². The van der Waals surface area contributed by atoms with Crippen LogP contribution in [-0.2, 0) is 14.3 Å². The number of amides is 1. The Labute approximate surface area is 134 Å². The second-order valence-corrected chi connectivity index (χ2v) is 6.07. The van der Waals surface area contributed by atoms with Gasteiger partial charge in [-0.05, 0) is 38.5 Å². The lowest BCUT2D eigenvalue weighted by Gasteiger charge is -2.20. The SMILES string of the molecule is COC(=O)C[C@@H](O)c1ccc(NC(=O)OC(C)(C)C)c(Cl)c1. The molecule has 1 amide bonds. The molecule has 0 unspecified atom stereocenters. The number of carbonyl (C=O) groups is 2. The largest absolute Gasteiger partial charge is 0.469 e. The molecule has 0 spiro atoms. The van der Waals surface area contributed by atoms with Gasteiger partial charge >= 0.3 is 12.1 Å². The van der Waals surface area contributed by atoms with Crippen molar-refractivity contribution in [2.24, 2.45) is 0 Å². The third-order valence-electron chi connectivity index (χ3n) is 2.60. The number of aliphatic hydroxyl groups excluding tert-OH is 1. The van der Waals surface area contributed by atoms with Crippen molar-refractivity contribution < 1.29 is 24.2 Å². The Morgan fingerprint density at radius 1 is 1.36 bits per heavy atom. The maximum atomic E-state index is 11.7. The van der Waals surface area contributed by atoms with E-state index in [0.717, 1.165) is 0 Å². The van der Waals surface area contributed by atoms with Crippen molar-refractivity contribution in [2.45, 2.75) is 38.9 Å². The average Bonchev–Trinajstić information content (AvgIpc) is 2.38. The number of nitrogens with one attached hydrogen (secondary N) is 1. The Morgan fingerprint density at radius 3 is 2.50 bits per heavy atom. The van der Waals surface area contributed by atoms with Crippen LogP contribution in [0.4, 0.5) is 10.5 Å². The van der Waals surface area contributed by atoms with Crippen molar-refractivity contribution in [1.82, 2.24) is 0 Å². The fourth-order valence-corrected chi connectivity index (χ4v) is 1.85. The Balaban J connectivity index is 2.77. The zero-order valence-corrected chi connectivity index (χ0v) is 13.7. The van der Waals surface area contributed by atoms with Crippen LogP contribution in [0.5, 0.6) is 0 Å². The summed E-state index contributed by atoms with van der Waals surface area (Å²) in [6.45, 7) is 5.25. The number of rotatable bonds is 4. The molecule has 1 rings (SSSR count).